The second kappa shape index (κ2) is 8.24. The second-order valence-electron chi connectivity index (χ2n) is 7.37. The molecule has 0 saturated heterocycles. The Kier molecular flexibility index (Phi) is 5.72. The lowest BCUT2D eigenvalue weighted by molar-refractivity contribution is -0.131. The Morgan fingerprint density at radius 2 is 1.83 bits per heavy atom. The van der Waals surface area contributed by atoms with Crippen LogP contribution in [-0.2, 0) is 9.53 Å². The van der Waals surface area contributed by atoms with E-state index in [1.807, 2.05) is 0 Å². The van der Waals surface area contributed by atoms with Crippen molar-refractivity contribution in [2.24, 2.45) is 0 Å². The topological polar surface area (TPSA) is 124 Å². The quantitative estimate of drug-likeness (QED) is 0.479. The standard InChI is InChI=1S/C21H21N3O6/c1-12(25)28-17-11-13(22-20(27)29-21(2,3)4)9-10-15(17)19-23-18(24-30-19)14-7-5-6-8-16(14)26/h5-11,26H,1-4H3,(H,22,27). The zero-order valence-corrected chi connectivity index (χ0v) is 16.9. The molecule has 30 heavy (non-hydrogen) atoms. The first kappa shape index (κ1) is 20.8. The average molecular weight is 411 g/mol. The van der Waals surface area contributed by atoms with E-state index in [4.69, 9.17) is 14.0 Å². The van der Waals surface area contributed by atoms with Gasteiger partial charge in [0, 0.05) is 18.7 Å². The molecule has 0 saturated carbocycles. The zero-order valence-electron chi connectivity index (χ0n) is 16.9. The average Bonchev–Trinajstić information content (AvgIpc) is 3.09. The molecule has 156 valence electrons. The number of nitrogens with zero attached hydrogens (tertiary/aromatic N) is 2. The highest BCUT2D eigenvalue weighted by Gasteiger charge is 2.20. The Morgan fingerprint density at radius 1 is 1.10 bits per heavy atom. The van der Waals surface area contributed by atoms with Crippen LogP contribution >= 0.6 is 0 Å². The van der Waals surface area contributed by atoms with Crippen LogP contribution < -0.4 is 10.1 Å². The van der Waals surface area contributed by atoms with Crippen molar-refractivity contribution in [2.75, 3.05) is 5.32 Å². The number of benzene rings is 2. The molecule has 0 spiro atoms. The first-order chi connectivity index (χ1) is 14.1. The summed E-state index contributed by atoms with van der Waals surface area (Å²) in [6.45, 7) is 6.49. The first-order valence-electron chi connectivity index (χ1n) is 9.07. The summed E-state index contributed by atoms with van der Waals surface area (Å²) in [7, 11) is 0. The number of amides is 1. The SMILES string of the molecule is CC(=O)Oc1cc(NC(=O)OC(C)(C)C)ccc1-c1nc(-c2ccccc2O)no1. The van der Waals surface area contributed by atoms with Gasteiger partial charge in [-0.15, -0.1) is 0 Å². The highest BCUT2D eigenvalue weighted by molar-refractivity contribution is 5.86. The fraction of sp³-hybridized carbons (Fsp3) is 0.238. The van der Waals surface area contributed by atoms with Crippen LogP contribution in [0.3, 0.4) is 0 Å². The predicted octanol–water partition coefficient (Wildman–Crippen LogP) is 4.38. The lowest BCUT2D eigenvalue weighted by Gasteiger charge is -2.19. The van der Waals surface area contributed by atoms with Crippen LogP contribution in [0.5, 0.6) is 11.5 Å². The third-order valence-electron chi connectivity index (χ3n) is 3.68. The largest absolute Gasteiger partial charge is 0.507 e. The number of carbonyl (C=O) groups excluding carboxylic acids is 2. The van der Waals surface area contributed by atoms with E-state index in [-0.39, 0.29) is 23.2 Å². The number of nitrogens with one attached hydrogen (secondary N) is 1. The number of anilines is 1. The van der Waals surface area contributed by atoms with Crippen molar-refractivity contribution >= 4 is 17.7 Å². The minimum Gasteiger partial charge on any atom is -0.507 e. The van der Waals surface area contributed by atoms with Crippen molar-refractivity contribution in [3.8, 4) is 34.3 Å². The van der Waals surface area contributed by atoms with E-state index in [1.165, 1.54) is 19.1 Å². The highest BCUT2D eigenvalue weighted by atomic mass is 16.6. The molecule has 2 aromatic carbocycles. The third kappa shape index (κ3) is 5.13. The number of phenols is 1. The molecule has 9 nitrogen and oxygen atoms in total. The summed E-state index contributed by atoms with van der Waals surface area (Å²) in [4.78, 5) is 27.8. The molecule has 0 atom stereocenters. The van der Waals surface area contributed by atoms with Crippen LogP contribution in [0.25, 0.3) is 22.8 Å². The molecular formula is C21H21N3O6. The van der Waals surface area contributed by atoms with Gasteiger partial charge < -0.3 is 19.1 Å². The highest BCUT2D eigenvalue weighted by Crippen LogP contribution is 2.34. The summed E-state index contributed by atoms with van der Waals surface area (Å²) in [6, 6.07) is 11.1. The number of aromatic hydroxyl groups is 1. The molecule has 0 aliphatic heterocycles. The molecule has 2 N–H and O–H groups in total. The summed E-state index contributed by atoms with van der Waals surface area (Å²) in [5.41, 5.74) is 0.426. The number of aromatic nitrogens is 2. The minimum absolute atomic E-state index is 0.00182. The Hall–Kier alpha value is -3.88. The molecule has 9 heteroatoms. The smallest absolute Gasteiger partial charge is 0.412 e. The van der Waals surface area contributed by atoms with Gasteiger partial charge in [0.15, 0.2) is 0 Å². The summed E-state index contributed by atoms with van der Waals surface area (Å²) in [5.74, 6) is -0.197. The molecular weight excluding hydrogens is 390 g/mol. The number of rotatable bonds is 4. The summed E-state index contributed by atoms with van der Waals surface area (Å²) >= 11 is 0. The zero-order chi connectivity index (χ0) is 21.9. The van der Waals surface area contributed by atoms with Gasteiger partial charge in [0.25, 0.3) is 5.89 Å². The van der Waals surface area contributed by atoms with Crippen molar-refractivity contribution in [1.29, 1.82) is 0 Å². The first-order valence-corrected chi connectivity index (χ1v) is 9.07. The van der Waals surface area contributed by atoms with E-state index in [0.717, 1.165) is 0 Å². The summed E-state index contributed by atoms with van der Waals surface area (Å²) in [5, 5.41) is 16.4. The number of carbonyl (C=O) groups is 2. The van der Waals surface area contributed by atoms with Crippen LogP contribution in [0.1, 0.15) is 27.7 Å². The molecule has 3 aromatic rings. The van der Waals surface area contributed by atoms with Crippen molar-refractivity contribution < 1.29 is 28.7 Å². The second-order valence-corrected chi connectivity index (χ2v) is 7.37. The minimum atomic E-state index is -0.661. The predicted molar refractivity (Wildman–Crippen MR) is 108 cm³/mol. The molecule has 1 aromatic heterocycles. The molecule has 0 fully saturated rings. The number of phenolic OH excluding ortho intramolecular Hbond substituents is 1. The maximum atomic E-state index is 12.0. The van der Waals surface area contributed by atoms with Gasteiger partial charge in [0.1, 0.15) is 17.1 Å². The van der Waals surface area contributed by atoms with E-state index < -0.39 is 17.7 Å². The van der Waals surface area contributed by atoms with Gasteiger partial charge in [0.2, 0.25) is 5.82 Å². The van der Waals surface area contributed by atoms with E-state index >= 15 is 0 Å². The molecule has 0 radical (unpaired) electrons. The van der Waals surface area contributed by atoms with Crippen LogP contribution in [-0.4, -0.2) is 32.9 Å². The number of hydrogen-bond acceptors (Lipinski definition) is 8. The Bertz CT molecular complexity index is 1080. The molecule has 0 aliphatic rings. The lowest BCUT2D eigenvalue weighted by Crippen LogP contribution is -2.27. The van der Waals surface area contributed by atoms with Crippen LogP contribution in [0.15, 0.2) is 47.0 Å². The van der Waals surface area contributed by atoms with E-state index in [9.17, 15) is 14.7 Å². The fourth-order valence-electron chi connectivity index (χ4n) is 2.54. The maximum absolute atomic E-state index is 12.0. The van der Waals surface area contributed by atoms with Crippen molar-refractivity contribution in [1.82, 2.24) is 10.1 Å². The Labute approximate surface area is 172 Å². The van der Waals surface area contributed by atoms with Crippen LogP contribution in [0, 0.1) is 0 Å². The molecule has 0 aliphatic carbocycles. The molecule has 0 bridgehead atoms. The van der Waals surface area contributed by atoms with Crippen molar-refractivity contribution in [3.63, 3.8) is 0 Å². The molecule has 1 amide bonds. The Morgan fingerprint density at radius 3 is 2.50 bits per heavy atom. The monoisotopic (exact) mass is 411 g/mol. The van der Waals surface area contributed by atoms with Crippen LogP contribution in [0.4, 0.5) is 10.5 Å². The van der Waals surface area contributed by atoms with Gasteiger partial charge >= 0.3 is 12.1 Å². The van der Waals surface area contributed by atoms with Crippen LogP contribution in [0.2, 0.25) is 0 Å². The lowest BCUT2D eigenvalue weighted by atomic mass is 10.1. The normalized spacial score (nSPS) is 11.1. The number of esters is 1. The van der Waals surface area contributed by atoms with Gasteiger partial charge in [-0.25, -0.2) is 4.79 Å². The van der Waals surface area contributed by atoms with Gasteiger partial charge in [0.05, 0.1) is 11.1 Å². The maximum Gasteiger partial charge on any atom is 0.412 e. The van der Waals surface area contributed by atoms with Gasteiger partial charge in [-0.05, 0) is 45.0 Å². The fourth-order valence-corrected chi connectivity index (χ4v) is 2.54. The number of hydrogen-bond donors (Lipinski definition) is 2. The van der Waals surface area contributed by atoms with E-state index in [0.29, 0.717) is 16.8 Å². The van der Waals surface area contributed by atoms with Gasteiger partial charge in [-0.3, -0.25) is 10.1 Å². The van der Waals surface area contributed by atoms with Gasteiger partial charge in [-0.2, -0.15) is 4.98 Å². The Balaban J connectivity index is 1.92. The molecule has 3 rings (SSSR count). The van der Waals surface area contributed by atoms with Crippen molar-refractivity contribution in [3.05, 3.63) is 42.5 Å². The van der Waals surface area contributed by atoms with E-state index in [2.05, 4.69) is 15.5 Å². The van der Waals surface area contributed by atoms with Crippen molar-refractivity contribution in [2.45, 2.75) is 33.3 Å². The number of para-hydroxylation sites is 1. The number of ether oxygens (including phenoxy) is 2. The molecule has 0 unspecified atom stereocenters. The van der Waals surface area contributed by atoms with E-state index in [1.54, 1.807) is 51.1 Å². The summed E-state index contributed by atoms with van der Waals surface area (Å²) < 4.78 is 15.8. The third-order valence-corrected chi connectivity index (χ3v) is 3.68. The summed E-state index contributed by atoms with van der Waals surface area (Å²) in [6.07, 6.45) is -0.649. The molecule has 1 heterocycles. The van der Waals surface area contributed by atoms with Gasteiger partial charge in [-0.1, -0.05) is 17.3 Å².